The molecule has 16 heavy (non-hydrogen) atoms. The van der Waals surface area contributed by atoms with Crippen LogP contribution in [0, 0.1) is 0 Å². The van der Waals surface area contributed by atoms with Gasteiger partial charge >= 0.3 is 0 Å². The van der Waals surface area contributed by atoms with Crippen LogP contribution in [0.2, 0.25) is 0 Å². The van der Waals surface area contributed by atoms with Crippen molar-refractivity contribution < 1.29 is 4.79 Å². The number of rotatable bonds is 2. The highest BCUT2D eigenvalue weighted by molar-refractivity contribution is 5.91. The van der Waals surface area contributed by atoms with E-state index in [1.165, 1.54) is 0 Å². The van der Waals surface area contributed by atoms with Crippen LogP contribution in [-0.2, 0) is 0 Å². The Labute approximate surface area is 92.1 Å². The molecule has 2 aromatic heterocycles. The maximum absolute atomic E-state index is 11.3. The Bertz CT molecular complexity index is 519. The van der Waals surface area contributed by atoms with E-state index in [2.05, 4.69) is 15.4 Å². The van der Waals surface area contributed by atoms with Crippen LogP contribution < -0.4 is 11.1 Å². The summed E-state index contributed by atoms with van der Waals surface area (Å²) < 4.78 is 1.57. The molecule has 0 aromatic carbocycles. The van der Waals surface area contributed by atoms with Gasteiger partial charge in [-0.1, -0.05) is 0 Å². The van der Waals surface area contributed by atoms with Crippen LogP contribution in [0.1, 0.15) is 10.5 Å². The van der Waals surface area contributed by atoms with Crippen molar-refractivity contribution in [2.45, 2.75) is 0 Å². The zero-order valence-corrected chi connectivity index (χ0v) is 8.71. The van der Waals surface area contributed by atoms with Crippen molar-refractivity contribution in [1.82, 2.24) is 20.1 Å². The van der Waals surface area contributed by atoms with E-state index < -0.39 is 0 Å². The fourth-order valence-electron chi connectivity index (χ4n) is 1.30. The molecule has 0 aliphatic carbocycles. The standard InChI is InChI=1S/C10H11N5O/c1-12-10(16)8-3-5-15(14-8)7-2-4-13-9(11)6-7/h2-6H,1H3,(H2,11,13)(H,12,16). The van der Waals surface area contributed by atoms with Crippen LogP contribution in [0.15, 0.2) is 30.6 Å². The minimum Gasteiger partial charge on any atom is -0.384 e. The summed E-state index contributed by atoms with van der Waals surface area (Å²) in [7, 11) is 1.56. The van der Waals surface area contributed by atoms with Gasteiger partial charge in [-0.3, -0.25) is 4.79 Å². The van der Waals surface area contributed by atoms with Gasteiger partial charge in [-0.25, -0.2) is 9.67 Å². The summed E-state index contributed by atoms with van der Waals surface area (Å²) in [6, 6.07) is 5.08. The molecule has 0 unspecified atom stereocenters. The summed E-state index contributed by atoms with van der Waals surface area (Å²) in [5.41, 5.74) is 6.68. The van der Waals surface area contributed by atoms with E-state index in [1.54, 1.807) is 42.3 Å². The van der Waals surface area contributed by atoms with Crippen molar-refractivity contribution in [2.75, 3.05) is 12.8 Å². The number of pyridine rings is 1. The second-order valence-electron chi connectivity index (χ2n) is 3.16. The Balaban J connectivity index is 2.35. The van der Waals surface area contributed by atoms with Gasteiger partial charge in [0.1, 0.15) is 5.82 Å². The smallest absolute Gasteiger partial charge is 0.271 e. The summed E-state index contributed by atoms with van der Waals surface area (Å²) in [4.78, 5) is 15.2. The molecule has 0 atom stereocenters. The van der Waals surface area contributed by atoms with E-state index in [1.807, 2.05) is 0 Å². The van der Waals surface area contributed by atoms with Gasteiger partial charge in [-0.15, -0.1) is 0 Å². The van der Waals surface area contributed by atoms with Crippen molar-refractivity contribution in [3.63, 3.8) is 0 Å². The van der Waals surface area contributed by atoms with Crippen LogP contribution >= 0.6 is 0 Å². The highest BCUT2D eigenvalue weighted by atomic mass is 16.1. The largest absolute Gasteiger partial charge is 0.384 e. The van der Waals surface area contributed by atoms with Gasteiger partial charge in [0, 0.05) is 25.5 Å². The van der Waals surface area contributed by atoms with Crippen LogP contribution in [0.5, 0.6) is 0 Å². The maximum Gasteiger partial charge on any atom is 0.271 e. The fraction of sp³-hybridized carbons (Fsp3) is 0.100. The Morgan fingerprint density at radius 3 is 3.00 bits per heavy atom. The highest BCUT2D eigenvalue weighted by Gasteiger charge is 2.07. The minimum atomic E-state index is -0.222. The molecule has 0 fully saturated rings. The first-order chi connectivity index (χ1) is 7.70. The van der Waals surface area contributed by atoms with Gasteiger partial charge in [0.2, 0.25) is 0 Å². The lowest BCUT2D eigenvalue weighted by Crippen LogP contribution is -2.18. The maximum atomic E-state index is 11.3. The molecule has 2 rings (SSSR count). The van der Waals surface area contributed by atoms with E-state index in [-0.39, 0.29) is 5.91 Å². The third kappa shape index (κ3) is 1.85. The second-order valence-corrected chi connectivity index (χ2v) is 3.16. The number of hydrogen-bond donors (Lipinski definition) is 2. The lowest BCUT2D eigenvalue weighted by Gasteiger charge is -2.01. The summed E-state index contributed by atoms with van der Waals surface area (Å²) >= 11 is 0. The lowest BCUT2D eigenvalue weighted by atomic mass is 10.4. The van der Waals surface area contributed by atoms with Gasteiger partial charge in [-0.2, -0.15) is 5.10 Å². The predicted molar refractivity (Wildman–Crippen MR) is 59.2 cm³/mol. The van der Waals surface area contributed by atoms with Gasteiger partial charge in [0.25, 0.3) is 5.91 Å². The highest BCUT2D eigenvalue weighted by Crippen LogP contribution is 2.09. The average Bonchev–Trinajstić information content (AvgIpc) is 2.77. The molecular formula is C10H11N5O. The summed E-state index contributed by atoms with van der Waals surface area (Å²) in [6.45, 7) is 0. The van der Waals surface area contributed by atoms with Crippen LogP contribution in [-0.4, -0.2) is 27.7 Å². The Hall–Kier alpha value is -2.37. The molecule has 6 nitrogen and oxygen atoms in total. The number of carbonyl (C=O) groups is 1. The average molecular weight is 217 g/mol. The van der Waals surface area contributed by atoms with E-state index in [4.69, 9.17) is 5.73 Å². The molecule has 0 saturated carbocycles. The van der Waals surface area contributed by atoms with Crippen LogP contribution in [0.4, 0.5) is 5.82 Å². The Morgan fingerprint density at radius 2 is 2.31 bits per heavy atom. The molecule has 3 N–H and O–H groups in total. The van der Waals surface area contributed by atoms with Crippen molar-refractivity contribution in [3.8, 4) is 5.69 Å². The molecule has 82 valence electrons. The molecule has 0 spiro atoms. The number of nitrogens with zero attached hydrogens (tertiary/aromatic N) is 3. The van der Waals surface area contributed by atoms with E-state index in [9.17, 15) is 4.79 Å². The van der Waals surface area contributed by atoms with E-state index in [0.29, 0.717) is 11.5 Å². The summed E-state index contributed by atoms with van der Waals surface area (Å²) in [5.74, 6) is 0.190. The first-order valence-electron chi connectivity index (χ1n) is 4.70. The number of nitrogen functional groups attached to an aromatic ring is 1. The van der Waals surface area contributed by atoms with Crippen molar-refractivity contribution in [2.24, 2.45) is 0 Å². The zero-order valence-electron chi connectivity index (χ0n) is 8.71. The predicted octanol–water partition coefficient (Wildman–Crippen LogP) is 0.209. The number of amides is 1. The molecule has 0 aliphatic rings. The Kier molecular flexibility index (Phi) is 2.55. The van der Waals surface area contributed by atoms with Gasteiger partial charge in [0.05, 0.1) is 5.69 Å². The second kappa shape index (κ2) is 4.01. The number of hydrogen-bond acceptors (Lipinski definition) is 4. The van der Waals surface area contributed by atoms with Crippen molar-refractivity contribution in [3.05, 3.63) is 36.3 Å². The van der Waals surface area contributed by atoms with Gasteiger partial charge in [0.15, 0.2) is 5.69 Å². The fourth-order valence-corrected chi connectivity index (χ4v) is 1.30. The minimum absolute atomic E-state index is 0.222. The first-order valence-corrected chi connectivity index (χ1v) is 4.70. The monoisotopic (exact) mass is 217 g/mol. The number of aromatic nitrogens is 3. The molecule has 6 heteroatoms. The number of carbonyl (C=O) groups excluding carboxylic acids is 1. The molecule has 1 amide bonds. The third-order valence-corrected chi connectivity index (χ3v) is 2.08. The number of nitrogens with one attached hydrogen (secondary N) is 1. The van der Waals surface area contributed by atoms with Crippen LogP contribution in [0.3, 0.4) is 0 Å². The third-order valence-electron chi connectivity index (χ3n) is 2.08. The van der Waals surface area contributed by atoms with E-state index >= 15 is 0 Å². The lowest BCUT2D eigenvalue weighted by molar-refractivity contribution is 0.0958. The topological polar surface area (TPSA) is 85.8 Å². The Morgan fingerprint density at radius 1 is 1.50 bits per heavy atom. The first kappa shape index (κ1) is 10.2. The molecule has 0 bridgehead atoms. The molecule has 2 heterocycles. The molecule has 0 radical (unpaired) electrons. The van der Waals surface area contributed by atoms with Crippen molar-refractivity contribution >= 4 is 11.7 Å². The molecule has 0 saturated heterocycles. The quantitative estimate of drug-likeness (QED) is 0.752. The van der Waals surface area contributed by atoms with Gasteiger partial charge in [-0.05, 0) is 12.1 Å². The van der Waals surface area contributed by atoms with Gasteiger partial charge < -0.3 is 11.1 Å². The number of nitrogens with two attached hydrogens (primary N) is 1. The van der Waals surface area contributed by atoms with E-state index in [0.717, 1.165) is 5.69 Å². The summed E-state index contributed by atoms with van der Waals surface area (Å²) in [5, 5.41) is 6.62. The zero-order chi connectivity index (χ0) is 11.5. The SMILES string of the molecule is CNC(=O)c1ccn(-c2ccnc(N)c2)n1. The van der Waals surface area contributed by atoms with Crippen LogP contribution in [0.25, 0.3) is 5.69 Å². The molecular weight excluding hydrogens is 206 g/mol. The normalized spacial score (nSPS) is 10.1. The molecule has 0 aliphatic heterocycles. The number of anilines is 1. The summed E-state index contributed by atoms with van der Waals surface area (Å²) in [6.07, 6.45) is 3.28. The van der Waals surface area contributed by atoms with Crippen molar-refractivity contribution in [1.29, 1.82) is 0 Å². The molecule has 2 aromatic rings.